The Morgan fingerprint density at radius 1 is 0.667 bits per heavy atom. The first-order chi connectivity index (χ1) is 35.2. The van der Waals surface area contributed by atoms with Gasteiger partial charge >= 0.3 is 49.6 Å². The SMILES string of the molecule is Cc1cc([N+](=O)[O-])ccc1F.Nc1ccc(F)c(-n2cc3cc(Br)cnc3n2)c1.O=Cc1cc(Br)cnc1F.O=[N+]([O-])c1ccc(F)c(-n2cc3cc(Br)cnc3n2)c1.[I-].[I][Zn][I].[N-]=[N+]=Nc1ncc(Br)cc1C=O. The third-order valence-electron chi connectivity index (χ3n) is 8.70. The van der Waals surface area contributed by atoms with Crippen LogP contribution in [-0.2, 0) is 10.1 Å². The van der Waals surface area contributed by atoms with Gasteiger partial charge in [-0.2, -0.15) is 4.39 Å². The number of nitro groups is 2. The molecule has 0 saturated carbocycles. The Morgan fingerprint density at radius 2 is 1.09 bits per heavy atom. The number of benzene rings is 3. The van der Waals surface area contributed by atoms with E-state index in [0.29, 0.717) is 55.1 Å². The Morgan fingerprint density at radius 3 is 1.56 bits per heavy atom. The van der Waals surface area contributed by atoms with E-state index in [0.717, 1.165) is 44.7 Å². The number of aryl methyl sites for hydroxylation is 1. The number of nitro benzene ring substituents is 2. The smallest absolute Gasteiger partial charge is 0.152 e. The summed E-state index contributed by atoms with van der Waals surface area (Å²) in [5.74, 6) is -2.04. The van der Waals surface area contributed by atoms with E-state index in [2.05, 4.69) is 143 Å². The maximum Gasteiger partial charge on any atom is 0.152 e. The second kappa shape index (κ2) is 31.8. The van der Waals surface area contributed by atoms with Crippen molar-refractivity contribution in [3.05, 3.63) is 205 Å². The maximum atomic E-state index is 13.8. The van der Waals surface area contributed by atoms with E-state index in [-0.39, 0.29) is 73.9 Å². The van der Waals surface area contributed by atoms with Gasteiger partial charge in [0.2, 0.25) is 5.95 Å². The molecule has 32 heteroatoms. The minimum Gasteiger partial charge on any atom is -0.298 e. The fourth-order valence-corrected chi connectivity index (χ4v) is 6.84. The summed E-state index contributed by atoms with van der Waals surface area (Å²) >= 11 is 17.7. The number of rotatable bonds is 7. The van der Waals surface area contributed by atoms with Crippen LogP contribution in [0.25, 0.3) is 43.9 Å². The number of aromatic nitrogens is 8. The van der Waals surface area contributed by atoms with Gasteiger partial charge in [-0.25, -0.2) is 37.5 Å². The van der Waals surface area contributed by atoms with Crippen LogP contribution in [0.2, 0.25) is 0 Å². The molecule has 0 spiro atoms. The largest absolute Gasteiger partial charge is 0.298 e. The number of aldehydes is 2. The van der Waals surface area contributed by atoms with Crippen LogP contribution < -0.4 is 29.7 Å². The van der Waals surface area contributed by atoms with Crippen LogP contribution >= 0.6 is 103 Å². The monoisotopic (exact) mass is 1670 g/mol. The molecule has 0 aliphatic carbocycles. The Bertz CT molecular complexity index is 3550. The van der Waals surface area contributed by atoms with E-state index in [1.165, 1.54) is 65.1 Å². The number of nitrogens with zero attached hydrogens (tertiary/aromatic N) is 13. The molecule has 0 aliphatic rings. The van der Waals surface area contributed by atoms with E-state index < -0.39 is 27.4 Å². The second-order valence-electron chi connectivity index (χ2n) is 13.7. The molecular weight excluding hydrogens is 1650 g/mol. The van der Waals surface area contributed by atoms with E-state index in [4.69, 9.17) is 11.3 Å². The van der Waals surface area contributed by atoms with Crippen LogP contribution in [-0.4, -0.2) is 61.9 Å². The minimum atomic E-state index is -0.738. The van der Waals surface area contributed by atoms with E-state index in [9.17, 15) is 47.4 Å². The van der Waals surface area contributed by atoms with Crippen molar-refractivity contribution in [1.29, 1.82) is 0 Å². The van der Waals surface area contributed by atoms with Crippen molar-refractivity contribution in [1.82, 2.24) is 39.5 Å². The van der Waals surface area contributed by atoms with Crippen molar-refractivity contribution in [2.24, 2.45) is 5.11 Å². The van der Waals surface area contributed by atoms with Gasteiger partial charge in [-0.1, -0.05) is 0 Å². The number of anilines is 1. The van der Waals surface area contributed by atoms with Crippen LogP contribution in [0, 0.1) is 50.6 Å². The number of pyridine rings is 4. The summed E-state index contributed by atoms with van der Waals surface area (Å²) in [5, 5.41) is 34.0. The zero-order valence-electron chi connectivity index (χ0n) is 37.3. The van der Waals surface area contributed by atoms with Gasteiger partial charge in [0, 0.05) is 106 Å². The quantitative estimate of drug-likeness (QED) is 0.0133. The molecule has 0 radical (unpaired) electrons. The Balaban J connectivity index is 0.000000249. The van der Waals surface area contributed by atoms with Gasteiger partial charge in [0.15, 0.2) is 23.9 Å². The fourth-order valence-electron chi connectivity index (χ4n) is 5.44. The molecule has 0 saturated heterocycles. The van der Waals surface area contributed by atoms with Gasteiger partial charge in [0.25, 0.3) is 11.4 Å². The number of fused-ring (bicyclic) bond motifs is 2. The first-order valence-corrected chi connectivity index (χ1v) is 40.9. The molecule has 0 unspecified atom stereocenters. The predicted molar refractivity (Wildman–Crippen MR) is 293 cm³/mol. The molecule has 0 bridgehead atoms. The van der Waals surface area contributed by atoms with Crippen molar-refractivity contribution in [2.75, 3.05) is 5.73 Å². The molecule has 0 aliphatic heterocycles. The number of carbonyl (C=O) groups excluding carboxylic acids is 2. The Kier molecular flexibility index (Phi) is 27.2. The number of halogens is 11. The maximum absolute atomic E-state index is 13.8. The molecule has 2 N–H and O–H groups in total. The molecule has 0 atom stereocenters. The summed E-state index contributed by atoms with van der Waals surface area (Å²) in [4.78, 5) is 58.1. The average molecular weight is 1680 g/mol. The summed E-state index contributed by atoms with van der Waals surface area (Å²) in [6, 6.07) is 17.6. The normalized spacial score (nSPS) is 9.75. The first kappa shape index (κ1) is 64.2. The summed E-state index contributed by atoms with van der Waals surface area (Å²) < 4.78 is 58.0. The van der Waals surface area contributed by atoms with Crippen molar-refractivity contribution in [2.45, 2.75) is 6.92 Å². The molecule has 75 heavy (non-hydrogen) atoms. The van der Waals surface area contributed by atoms with Crippen LogP contribution in [0.15, 0.2) is 139 Å². The molecule has 3 aromatic carbocycles. The fraction of sp³-hybridized carbons (Fsp3) is 0.0233. The van der Waals surface area contributed by atoms with E-state index >= 15 is 0 Å². The summed E-state index contributed by atoms with van der Waals surface area (Å²) in [5.41, 5.74) is 15.8. The molecule has 0 fully saturated rings. The average Bonchev–Trinajstić information content (AvgIpc) is 3.99. The van der Waals surface area contributed by atoms with Crippen molar-refractivity contribution in [3.8, 4) is 11.4 Å². The van der Waals surface area contributed by atoms with E-state index in [1.807, 2.05) is 6.07 Å². The zero-order chi connectivity index (χ0) is 54.6. The summed E-state index contributed by atoms with van der Waals surface area (Å²) in [7, 11) is 0.0650. The van der Waals surface area contributed by atoms with Crippen molar-refractivity contribution >= 4 is 161 Å². The third kappa shape index (κ3) is 19.8. The van der Waals surface area contributed by atoms with Crippen molar-refractivity contribution < 1.29 is 71.1 Å². The number of azide groups is 1. The van der Waals surface area contributed by atoms with Crippen LogP contribution in [0.1, 0.15) is 26.3 Å². The number of carbonyl (C=O) groups is 2. The molecule has 9 aromatic rings. The number of non-ortho nitro benzene ring substituents is 2. The van der Waals surface area contributed by atoms with Crippen molar-refractivity contribution in [3.63, 3.8) is 0 Å². The Labute approximate surface area is 499 Å². The zero-order valence-corrected chi connectivity index (χ0v) is 53.1. The molecule has 384 valence electrons. The Hall–Kier alpha value is -5.10. The number of nitrogen functional groups attached to an aromatic ring is 1. The first-order valence-electron chi connectivity index (χ1n) is 19.7. The van der Waals surface area contributed by atoms with Crippen LogP contribution in [0.4, 0.5) is 40.4 Å². The minimum absolute atomic E-state index is 0. The number of hydrogen-bond acceptors (Lipinski definition) is 14. The third-order valence-corrected chi connectivity index (χ3v) is 10.4. The van der Waals surface area contributed by atoms with E-state index in [1.54, 1.807) is 30.9 Å². The second-order valence-corrected chi connectivity index (χ2v) is 40.9. The number of nitrogens with two attached hydrogens (primary N) is 1. The topological polar surface area (TPSA) is 282 Å². The molecule has 6 heterocycles. The molecule has 9 rings (SSSR count). The molecular formula is C43H26Br4F4I3N14O6Zn-. The molecule has 0 amide bonds. The molecule has 6 aromatic heterocycles. The van der Waals surface area contributed by atoms with Gasteiger partial charge in [-0.05, 0) is 141 Å². The summed E-state index contributed by atoms with van der Waals surface area (Å²) in [6.07, 6.45) is 10.3. The number of hydrogen-bond donors (Lipinski definition) is 1. The van der Waals surface area contributed by atoms with Crippen LogP contribution in [0.3, 0.4) is 0 Å². The van der Waals surface area contributed by atoms with Crippen LogP contribution in [0.5, 0.6) is 0 Å². The standard InChI is InChI=1S/C12H6BrFN4O2.C12H8BrFN4.C7H6FNO2.C6H3BrFNO.C6H3BrN4O.3HI.Zn/c13-8-3-7-6-17(16-12(7)15-5-8)11-4-9(18(19)20)1-2-10(11)14;13-8-3-7-6-18(17-12(7)16-5-8)11-4-9(15)1-2-10(11)14;1-5-4-6(9(10)11)2-3-7(5)8;7-5-1-4(3-10)6(8)9-2-5;7-5-1-4(3-12)6(9-2-5)10-11-8;;;;/h1-6H;1-6H,15H2;2-4H,1H3;1-3H;1-3H;3*1H;/q;;;;;;;;+2/p-3. The van der Waals surface area contributed by atoms with Gasteiger partial charge < -0.3 is 29.7 Å². The molecule has 20 nitrogen and oxygen atoms in total. The van der Waals surface area contributed by atoms with Gasteiger partial charge in [0.1, 0.15) is 34.6 Å². The summed E-state index contributed by atoms with van der Waals surface area (Å²) in [6.45, 7) is 1.49. The predicted octanol–water partition coefficient (Wildman–Crippen LogP) is 11.3. The van der Waals surface area contributed by atoms with Gasteiger partial charge in [-0.3, -0.25) is 34.8 Å². The van der Waals surface area contributed by atoms with Gasteiger partial charge in [0.05, 0.1) is 15.4 Å². The van der Waals surface area contributed by atoms with Gasteiger partial charge in [-0.15, -0.1) is 10.2 Å².